The van der Waals surface area contributed by atoms with Crippen LogP contribution in [0.4, 0.5) is 4.79 Å². The molecule has 0 aromatic heterocycles. The molecule has 29 heavy (non-hydrogen) atoms. The molecule has 156 valence electrons. The molecule has 4 rings (SSSR count). The Bertz CT molecular complexity index is 842. The number of piperidine rings is 1. The summed E-state index contributed by atoms with van der Waals surface area (Å²) in [5.41, 5.74) is -0.656. The van der Waals surface area contributed by atoms with Crippen LogP contribution in [0.5, 0.6) is 11.5 Å². The number of nitrogens with zero attached hydrogens (tertiary/aromatic N) is 2. The number of urea groups is 1. The fourth-order valence-electron chi connectivity index (χ4n) is 4.21. The fraction of sp³-hybridized carbons (Fsp3) is 0.571. The minimum atomic E-state index is -1.25. The normalized spacial score (nSPS) is 26.9. The van der Waals surface area contributed by atoms with Crippen molar-refractivity contribution >= 4 is 17.8 Å². The number of carbonyl (C=O) groups excluding carboxylic acids is 3. The highest BCUT2D eigenvalue weighted by Crippen LogP contribution is 2.36. The summed E-state index contributed by atoms with van der Waals surface area (Å²) in [5.74, 6) is 0.552. The third kappa shape index (κ3) is 3.52. The lowest BCUT2D eigenvalue weighted by Gasteiger charge is -2.34. The molecular formula is C21H27N3O5. The van der Waals surface area contributed by atoms with Crippen molar-refractivity contribution in [1.29, 1.82) is 0 Å². The summed E-state index contributed by atoms with van der Waals surface area (Å²) in [5, 5.41) is 2.76. The Hall–Kier alpha value is -2.77. The summed E-state index contributed by atoms with van der Waals surface area (Å²) < 4.78 is 11.4. The molecule has 2 saturated heterocycles. The molecule has 0 spiro atoms. The maximum absolute atomic E-state index is 13.2. The van der Waals surface area contributed by atoms with Crippen LogP contribution in [0.25, 0.3) is 0 Å². The first-order chi connectivity index (χ1) is 13.9. The minimum absolute atomic E-state index is 0.130. The van der Waals surface area contributed by atoms with Gasteiger partial charge in [-0.3, -0.25) is 14.5 Å². The zero-order valence-corrected chi connectivity index (χ0v) is 16.9. The second-order valence-electron chi connectivity index (χ2n) is 8.09. The molecule has 1 N–H and O–H groups in total. The van der Waals surface area contributed by atoms with Gasteiger partial charge in [0.25, 0.3) is 5.91 Å². The van der Waals surface area contributed by atoms with Gasteiger partial charge in [0.2, 0.25) is 5.91 Å². The molecule has 2 unspecified atom stereocenters. The monoisotopic (exact) mass is 401 g/mol. The summed E-state index contributed by atoms with van der Waals surface area (Å²) >= 11 is 0. The first kappa shape index (κ1) is 19.5. The molecule has 8 heteroatoms. The molecule has 3 aliphatic heterocycles. The lowest BCUT2D eigenvalue weighted by Crippen LogP contribution is -2.48. The summed E-state index contributed by atoms with van der Waals surface area (Å²) in [6, 6.07) is 4.82. The van der Waals surface area contributed by atoms with Crippen LogP contribution in [-0.4, -0.2) is 60.0 Å². The quantitative estimate of drug-likeness (QED) is 0.783. The third-order valence-corrected chi connectivity index (χ3v) is 6.02. The smallest absolute Gasteiger partial charge is 0.325 e. The van der Waals surface area contributed by atoms with Crippen molar-refractivity contribution in [3.8, 4) is 11.5 Å². The number of carbonyl (C=O) groups is 3. The van der Waals surface area contributed by atoms with Gasteiger partial charge in [-0.15, -0.1) is 0 Å². The summed E-state index contributed by atoms with van der Waals surface area (Å²) in [6.45, 7) is 5.19. The zero-order chi connectivity index (χ0) is 20.6. The van der Waals surface area contributed by atoms with Crippen LogP contribution in [0.2, 0.25) is 0 Å². The number of fused-ring (bicyclic) bond motifs is 1. The van der Waals surface area contributed by atoms with E-state index in [1.807, 2.05) is 6.92 Å². The molecule has 2 fully saturated rings. The van der Waals surface area contributed by atoms with Gasteiger partial charge in [-0.05, 0) is 50.8 Å². The first-order valence-electron chi connectivity index (χ1n) is 10.2. The lowest BCUT2D eigenvalue weighted by molar-refractivity contribution is -0.140. The van der Waals surface area contributed by atoms with Crippen molar-refractivity contribution in [2.75, 3.05) is 26.3 Å². The van der Waals surface area contributed by atoms with Crippen molar-refractivity contribution in [1.82, 2.24) is 15.1 Å². The average Bonchev–Trinajstić information content (AvgIpc) is 2.87. The maximum Gasteiger partial charge on any atom is 0.325 e. The molecule has 3 aliphatic rings. The Kier molecular flexibility index (Phi) is 5.10. The number of imide groups is 1. The Morgan fingerprint density at radius 2 is 1.93 bits per heavy atom. The van der Waals surface area contributed by atoms with E-state index in [4.69, 9.17) is 9.47 Å². The second-order valence-corrected chi connectivity index (χ2v) is 8.09. The number of likely N-dealkylation sites (tertiary alicyclic amines) is 1. The number of rotatable bonds is 3. The van der Waals surface area contributed by atoms with E-state index in [1.165, 1.54) is 0 Å². The topological polar surface area (TPSA) is 88.2 Å². The molecule has 0 radical (unpaired) electrons. The number of nitrogens with one attached hydrogen (secondary N) is 1. The van der Waals surface area contributed by atoms with Crippen molar-refractivity contribution < 1.29 is 23.9 Å². The van der Waals surface area contributed by atoms with Gasteiger partial charge in [0.1, 0.15) is 12.1 Å². The highest BCUT2D eigenvalue weighted by Gasteiger charge is 2.50. The lowest BCUT2D eigenvalue weighted by atomic mass is 9.91. The number of hydrogen-bond acceptors (Lipinski definition) is 5. The van der Waals surface area contributed by atoms with Gasteiger partial charge in [-0.2, -0.15) is 0 Å². The molecule has 1 aromatic rings. The third-order valence-electron chi connectivity index (χ3n) is 6.02. The Morgan fingerprint density at radius 1 is 1.17 bits per heavy atom. The van der Waals surface area contributed by atoms with Gasteiger partial charge in [-0.25, -0.2) is 4.79 Å². The van der Waals surface area contributed by atoms with E-state index >= 15 is 0 Å². The highest BCUT2D eigenvalue weighted by atomic mass is 16.5. The van der Waals surface area contributed by atoms with Crippen LogP contribution in [-0.2, 0) is 15.1 Å². The van der Waals surface area contributed by atoms with E-state index in [2.05, 4.69) is 5.32 Å². The maximum atomic E-state index is 13.2. The zero-order valence-electron chi connectivity index (χ0n) is 16.9. The van der Waals surface area contributed by atoms with E-state index in [0.717, 1.165) is 30.6 Å². The van der Waals surface area contributed by atoms with E-state index in [0.29, 0.717) is 36.8 Å². The molecule has 3 heterocycles. The number of ether oxygens (including phenoxy) is 2. The summed E-state index contributed by atoms with van der Waals surface area (Å²) in [4.78, 5) is 41.3. The molecule has 4 amide bonds. The summed E-state index contributed by atoms with van der Waals surface area (Å²) in [7, 11) is 0. The van der Waals surface area contributed by atoms with Crippen LogP contribution in [0.15, 0.2) is 18.2 Å². The Balaban J connectivity index is 1.54. The Labute approximate surface area is 170 Å². The summed E-state index contributed by atoms with van der Waals surface area (Å²) in [6.07, 6.45) is 3.77. The van der Waals surface area contributed by atoms with Crippen molar-refractivity contribution in [3.05, 3.63) is 23.8 Å². The molecule has 0 bridgehead atoms. The fourth-order valence-corrected chi connectivity index (χ4v) is 4.21. The predicted octanol–water partition coefficient (Wildman–Crippen LogP) is 2.02. The number of hydrogen-bond donors (Lipinski definition) is 1. The van der Waals surface area contributed by atoms with E-state index < -0.39 is 17.5 Å². The van der Waals surface area contributed by atoms with Gasteiger partial charge in [0.05, 0.1) is 13.2 Å². The van der Waals surface area contributed by atoms with Crippen LogP contribution >= 0.6 is 0 Å². The van der Waals surface area contributed by atoms with Crippen LogP contribution in [0, 0.1) is 0 Å². The van der Waals surface area contributed by atoms with Gasteiger partial charge in [-0.1, -0.05) is 6.07 Å². The number of amides is 4. The first-order valence-corrected chi connectivity index (χ1v) is 10.2. The van der Waals surface area contributed by atoms with Crippen molar-refractivity contribution in [3.63, 3.8) is 0 Å². The van der Waals surface area contributed by atoms with Gasteiger partial charge >= 0.3 is 6.03 Å². The van der Waals surface area contributed by atoms with Crippen LogP contribution in [0.1, 0.15) is 45.1 Å². The van der Waals surface area contributed by atoms with E-state index in [9.17, 15) is 14.4 Å². The van der Waals surface area contributed by atoms with Gasteiger partial charge < -0.3 is 19.7 Å². The molecule has 2 atom stereocenters. The molecular weight excluding hydrogens is 374 g/mol. The standard InChI is InChI=1S/C21H27N3O5/c1-14-6-3-4-9-23(14)18(25)13-24-19(26)21(2,22-20(24)27)15-7-8-16-17(12-15)29-11-5-10-28-16/h7-8,12,14H,3-6,9-11,13H2,1-2H3,(H,22,27). The largest absolute Gasteiger partial charge is 0.490 e. The van der Waals surface area contributed by atoms with E-state index in [1.54, 1.807) is 30.0 Å². The average molecular weight is 401 g/mol. The highest BCUT2D eigenvalue weighted by molar-refractivity contribution is 6.09. The molecule has 1 aromatic carbocycles. The predicted molar refractivity (Wildman–Crippen MR) is 105 cm³/mol. The van der Waals surface area contributed by atoms with Crippen molar-refractivity contribution in [2.45, 2.75) is 51.1 Å². The minimum Gasteiger partial charge on any atom is -0.490 e. The molecule has 0 saturated carbocycles. The SMILES string of the molecule is CC1CCCCN1C(=O)CN1C(=O)NC(C)(c2ccc3c(c2)OCCCO3)C1=O. The van der Waals surface area contributed by atoms with Crippen LogP contribution in [0.3, 0.4) is 0 Å². The Morgan fingerprint density at radius 3 is 2.69 bits per heavy atom. The van der Waals surface area contributed by atoms with E-state index in [-0.39, 0.29) is 18.5 Å². The van der Waals surface area contributed by atoms with Crippen LogP contribution < -0.4 is 14.8 Å². The molecule has 8 nitrogen and oxygen atoms in total. The van der Waals surface area contributed by atoms with Crippen molar-refractivity contribution in [2.24, 2.45) is 0 Å². The number of benzene rings is 1. The molecule has 0 aliphatic carbocycles. The van der Waals surface area contributed by atoms with Gasteiger partial charge in [0.15, 0.2) is 11.5 Å². The van der Waals surface area contributed by atoms with Gasteiger partial charge in [0, 0.05) is 19.0 Å². The second kappa shape index (κ2) is 7.57.